The summed E-state index contributed by atoms with van der Waals surface area (Å²) in [5.74, 6) is 0.463. The molecule has 2 aliphatic rings. The van der Waals surface area contributed by atoms with Crippen molar-refractivity contribution in [2.45, 2.75) is 44.5 Å². The summed E-state index contributed by atoms with van der Waals surface area (Å²) in [6.45, 7) is 0.892. The molecule has 0 radical (unpaired) electrons. The van der Waals surface area contributed by atoms with E-state index in [-0.39, 0.29) is 23.6 Å². The average molecular weight is 370 g/mol. The van der Waals surface area contributed by atoms with Crippen molar-refractivity contribution in [2.24, 2.45) is 17.8 Å². The molecule has 1 heterocycles. The molecule has 1 aromatic carbocycles. The predicted octanol–water partition coefficient (Wildman–Crippen LogP) is 3.27. The van der Waals surface area contributed by atoms with Crippen LogP contribution in [-0.4, -0.2) is 31.9 Å². The lowest BCUT2D eigenvalue weighted by molar-refractivity contribution is -0.274. The first kappa shape index (κ1) is 19.0. The molecule has 7 heteroatoms. The zero-order valence-electron chi connectivity index (χ0n) is 14.8. The predicted molar refractivity (Wildman–Crippen MR) is 91.6 cm³/mol. The van der Waals surface area contributed by atoms with E-state index in [1.807, 2.05) is 7.05 Å². The first-order valence-electron chi connectivity index (χ1n) is 9.15. The number of alkyl halides is 3. The minimum absolute atomic E-state index is 0.0106. The van der Waals surface area contributed by atoms with Crippen molar-refractivity contribution >= 4 is 5.91 Å². The van der Waals surface area contributed by atoms with Gasteiger partial charge in [-0.1, -0.05) is 18.6 Å². The van der Waals surface area contributed by atoms with Crippen LogP contribution in [0.5, 0.6) is 5.75 Å². The van der Waals surface area contributed by atoms with Gasteiger partial charge >= 0.3 is 6.36 Å². The lowest BCUT2D eigenvalue weighted by Gasteiger charge is -2.44. The Labute approximate surface area is 151 Å². The van der Waals surface area contributed by atoms with E-state index in [9.17, 15) is 18.0 Å². The van der Waals surface area contributed by atoms with Gasteiger partial charge in [0.1, 0.15) is 5.75 Å². The third-order valence-corrected chi connectivity index (χ3v) is 5.51. The van der Waals surface area contributed by atoms with E-state index in [4.69, 9.17) is 0 Å². The van der Waals surface area contributed by atoms with Gasteiger partial charge in [0.2, 0.25) is 5.91 Å². The minimum atomic E-state index is -4.71. The molecule has 0 aromatic heterocycles. The number of piperidine rings is 1. The van der Waals surface area contributed by atoms with Crippen LogP contribution < -0.4 is 15.4 Å². The van der Waals surface area contributed by atoms with Crippen molar-refractivity contribution in [3.8, 4) is 5.75 Å². The molecule has 2 N–H and O–H groups in total. The van der Waals surface area contributed by atoms with Crippen molar-refractivity contribution in [1.29, 1.82) is 0 Å². The van der Waals surface area contributed by atoms with Crippen LogP contribution >= 0.6 is 0 Å². The Hall–Kier alpha value is -1.76. The van der Waals surface area contributed by atoms with Gasteiger partial charge in [-0.15, -0.1) is 13.2 Å². The first-order valence-corrected chi connectivity index (χ1v) is 9.15. The summed E-state index contributed by atoms with van der Waals surface area (Å²) in [6.07, 6.45) is -0.117. The molecule has 1 aliphatic carbocycles. The molecule has 26 heavy (non-hydrogen) atoms. The van der Waals surface area contributed by atoms with Crippen LogP contribution in [0.15, 0.2) is 24.3 Å². The molecule has 1 saturated carbocycles. The zero-order chi connectivity index (χ0) is 18.7. The molecule has 1 aliphatic heterocycles. The third-order valence-electron chi connectivity index (χ3n) is 5.51. The fourth-order valence-corrected chi connectivity index (χ4v) is 4.46. The molecule has 4 nitrogen and oxygen atoms in total. The Kier molecular flexibility index (Phi) is 5.75. The minimum Gasteiger partial charge on any atom is -0.406 e. The Morgan fingerprint density at radius 1 is 1.31 bits per heavy atom. The van der Waals surface area contributed by atoms with Crippen molar-refractivity contribution < 1.29 is 22.7 Å². The molecule has 4 unspecified atom stereocenters. The Morgan fingerprint density at radius 2 is 2.12 bits per heavy atom. The highest BCUT2D eigenvalue weighted by molar-refractivity contribution is 5.80. The SMILES string of the molecule is CNCC1CCCC2CC(Cc3cccc(OC(F)(F)F)c3)C(=O)NC12. The third kappa shape index (κ3) is 4.69. The summed E-state index contributed by atoms with van der Waals surface area (Å²) >= 11 is 0. The molecular formula is C19H25F3N2O2. The number of amides is 1. The fourth-order valence-electron chi connectivity index (χ4n) is 4.46. The fraction of sp³-hybridized carbons (Fsp3) is 0.632. The number of halogens is 3. The lowest BCUT2D eigenvalue weighted by atomic mass is 9.70. The van der Waals surface area contributed by atoms with Crippen LogP contribution in [0, 0.1) is 17.8 Å². The summed E-state index contributed by atoms with van der Waals surface area (Å²) < 4.78 is 41.1. The van der Waals surface area contributed by atoms with Gasteiger partial charge in [0, 0.05) is 12.0 Å². The second-order valence-corrected chi connectivity index (χ2v) is 7.38. The highest BCUT2D eigenvalue weighted by Gasteiger charge is 2.41. The molecule has 3 rings (SSSR count). The molecule has 144 valence electrons. The van der Waals surface area contributed by atoms with Gasteiger partial charge in [0.25, 0.3) is 0 Å². The number of hydrogen-bond acceptors (Lipinski definition) is 3. The number of hydrogen-bond donors (Lipinski definition) is 2. The van der Waals surface area contributed by atoms with Crippen molar-refractivity contribution in [3.63, 3.8) is 0 Å². The number of benzene rings is 1. The zero-order valence-corrected chi connectivity index (χ0v) is 14.8. The van der Waals surface area contributed by atoms with Gasteiger partial charge in [0.05, 0.1) is 0 Å². The Bertz CT molecular complexity index is 633. The maximum atomic E-state index is 12.6. The smallest absolute Gasteiger partial charge is 0.406 e. The van der Waals surface area contributed by atoms with Crippen LogP contribution in [0.1, 0.15) is 31.2 Å². The quantitative estimate of drug-likeness (QED) is 0.836. The lowest BCUT2D eigenvalue weighted by Crippen LogP contribution is -2.56. The van der Waals surface area contributed by atoms with Crippen molar-refractivity contribution in [3.05, 3.63) is 29.8 Å². The summed E-state index contributed by atoms with van der Waals surface area (Å²) in [6, 6.07) is 6.13. The van der Waals surface area contributed by atoms with E-state index in [0.29, 0.717) is 23.8 Å². The molecule has 2 fully saturated rings. The van der Waals surface area contributed by atoms with Crippen molar-refractivity contribution in [2.75, 3.05) is 13.6 Å². The summed E-state index contributed by atoms with van der Waals surface area (Å²) in [5, 5.41) is 6.39. The summed E-state index contributed by atoms with van der Waals surface area (Å²) in [7, 11) is 1.92. The second-order valence-electron chi connectivity index (χ2n) is 7.38. The summed E-state index contributed by atoms with van der Waals surface area (Å²) in [4.78, 5) is 12.6. The number of ether oxygens (including phenoxy) is 1. The number of fused-ring (bicyclic) bond motifs is 1. The molecule has 1 amide bonds. The van der Waals surface area contributed by atoms with E-state index in [0.717, 1.165) is 32.2 Å². The maximum Gasteiger partial charge on any atom is 0.573 e. The topological polar surface area (TPSA) is 50.4 Å². The highest BCUT2D eigenvalue weighted by atomic mass is 19.4. The van der Waals surface area contributed by atoms with Crippen LogP contribution in [0.3, 0.4) is 0 Å². The van der Waals surface area contributed by atoms with Gasteiger partial charge in [-0.2, -0.15) is 0 Å². The van der Waals surface area contributed by atoms with Crippen LogP contribution in [0.25, 0.3) is 0 Å². The maximum absolute atomic E-state index is 12.6. The molecule has 0 spiro atoms. The average Bonchev–Trinajstić information content (AvgIpc) is 2.55. The molecular weight excluding hydrogens is 345 g/mol. The van der Waals surface area contributed by atoms with Crippen LogP contribution in [0.4, 0.5) is 13.2 Å². The van der Waals surface area contributed by atoms with E-state index in [2.05, 4.69) is 15.4 Å². The first-order chi connectivity index (χ1) is 12.4. The van der Waals surface area contributed by atoms with Crippen LogP contribution in [-0.2, 0) is 11.2 Å². The van der Waals surface area contributed by atoms with Gasteiger partial charge < -0.3 is 15.4 Å². The van der Waals surface area contributed by atoms with E-state index < -0.39 is 6.36 Å². The Balaban J connectivity index is 1.66. The van der Waals surface area contributed by atoms with Crippen LogP contribution in [0.2, 0.25) is 0 Å². The van der Waals surface area contributed by atoms with Gasteiger partial charge in [0.15, 0.2) is 0 Å². The molecule has 1 aromatic rings. The molecule has 1 saturated heterocycles. The van der Waals surface area contributed by atoms with Gasteiger partial charge in [-0.3, -0.25) is 4.79 Å². The van der Waals surface area contributed by atoms with E-state index in [1.54, 1.807) is 6.07 Å². The standard InChI is InChI=1S/C19H25F3N2O2/c1-23-11-14-6-3-5-13-10-15(18(25)24-17(13)14)8-12-4-2-7-16(9-12)26-19(20,21)22/h2,4,7,9,13-15,17,23H,3,5-6,8,10-11H2,1H3,(H,24,25). The number of carbonyl (C=O) groups is 1. The number of rotatable bonds is 5. The summed E-state index contributed by atoms with van der Waals surface area (Å²) in [5.41, 5.74) is 0.688. The van der Waals surface area contributed by atoms with E-state index >= 15 is 0 Å². The Morgan fingerprint density at radius 3 is 2.85 bits per heavy atom. The normalized spacial score (nSPS) is 29.0. The van der Waals surface area contributed by atoms with Crippen molar-refractivity contribution in [1.82, 2.24) is 10.6 Å². The second kappa shape index (κ2) is 7.86. The number of nitrogens with one attached hydrogen (secondary N) is 2. The largest absolute Gasteiger partial charge is 0.573 e. The molecule has 0 bridgehead atoms. The van der Waals surface area contributed by atoms with E-state index in [1.165, 1.54) is 18.2 Å². The number of carbonyl (C=O) groups excluding carboxylic acids is 1. The highest BCUT2D eigenvalue weighted by Crippen LogP contribution is 2.37. The van der Waals surface area contributed by atoms with Gasteiger partial charge in [-0.25, -0.2) is 0 Å². The monoisotopic (exact) mass is 370 g/mol. The van der Waals surface area contributed by atoms with Gasteiger partial charge in [-0.05, 0) is 68.8 Å². The molecule has 4 atom stereocenters.